The van der Waals surface area contributed by atoms with Crippen molar-refractivity contribution in [2.24, 2.45) is 4.99 Å². The van der Waals surface area contributed by atoms with E-state index in [1.807, 2.05) is 18.2 Å². The smallest absolute Gasteiger partial charge is 0.168 e. The fraction of sp³-hybridized carbons (Fsp3) is 0.182. The van der Waals surface area contributed by atoms with Crippen molar-refractivity contribution in [2.45, 2.75) is 0 Å². The van der Waals surface area contributed by atoms with Gasteiger partial charge in [-0.2, -0.15) is 0 Å². The molecule has 0 amide bonds. The van der Waals surface area contributed by atoms with Gasteiger partial charge in [0.15, 0.2) is 5.17 Å². The van der Waals surface area contributed by atoms with Gasteiger partial charge in [0.05, 0.1) is 12.2 Å². The highest BCUT2D eigenvalue weighted by atomic mass is 79.9. The molecule has 2 nitrogen and oxygen atoms in total. The summed E-state index contributed by atoms with van der Waals surface area (Å²) >= 11 is 7.68. The van der Waals surface area contributed by atoms with Crippen LogP contribution in [-0.2, 0) is 0 Å². The summed E-state index contributed by atoms with van der Waals surface area (Å²) in [7, 11) is 0. The first kappa shape index (κ1) is 12.0. The Hall–Kier alpha value is -0.450. The molecule has 0 unspecified atom stereocenters. The molecule has 3 rings (SSSR count). The fourth-order valence-electron chi connectivity index (χ4n) is 1.79. The molecule has 0 aliphatic carbocycles. The number of hydrogen-bond donors (Lipinski definition) is 0. The van der Waals surface area contributed by atoms with E-state index in [0.29, 0.717) is 0 Å². The van der Waals surface area contributed by atoms with Crippen molar-refractivity contribution in [3.05, 3.63) is 40.3 Å². The first-order valence-corrected chi connectivity index (χ1v) is 6.05. The van der Waals surface area contributed by atoms with Crippen molar-refractivity contribution in [1.29, 1.82) is 0 Å². The summed E-state index contributed by atoms with van der Waals surface area (Å²) in [5, 5.41) is 4.04. The molecule has 0 radical (unpaired) electrons. The van der Waals surface area contributed by atoms with Gasteiger partial charge in [0.2, 0.25) is 0 Å². The zero-order valence-corrected chi connectivity index (χ0v) is 11.7. The van der Waals surface area contributed by atoms with Crippen LogP contribution in [0.25, 0.3) is 5.70 Å². The summed E-state index contributed by atoms with van der Waals surface area (Å²) < 4.78 is 0. The summed E-state index contributed by atoms with van der Waals surface area (Å²) in [6.45, 7) is 1.89. The maximum absolute atomic E-state index is 5.98. The second-order valence-electron chi connectivity index (χ2n) is 3.45. The Morgan fingerprint density at radius 2 is 2.25 bits per heavy atom. The minimum Gasteiger partial charge on any atom is -0.318 e. The molecule has 0 N–H and O–H groups in total. The van der Waals surface area contributed by atoms with E-state index in [4.69, 9.17) is 11.6 Å². The number of aliphatic imine (C=N–C) groups is 1. The van der Waals surface area contributed by atoms with Crippen molar-refractivity contribution >= 4 is 51.2 Å². The monoisotopic (exact) mass is 316 g/mol. The van der Waals surface area contributed by atoms with E-state index in [2.05, 4.69) is 21.4 Å². The third-order valence-corrected chi connectivity index (χ3v) is 3.63. The largest absolute Gasteiger partial charge is 0.318 e. The van der Waals surface area contributed by atoms with Gasteiger partial charge in [0, 0.05) is 22.5 Å². The molecule has 1 aromatic carbocycles. The molecule has 2 aliphatic heterocycles. The fourth-order valence-corrected chi connectivity index (χ4v) is 2.95. The lowest BCUT2D eigenvalue weighted by atomic mass is 10.1. The van der Waals surface area contributed by atoms with Crippen LogP contribution in [0.5, 0.6) is 0 Å². The molecular formula is C11H10BrClN2S. The van der Waals surface area contributed by atoms with Gasteiger partial charge < -0.3 is 4.90 Å². The predicted octanol–water partition coefficient (Wildman–Crippen LogP) is 3.63. The summed E-state index contributed by atoms with van der Waals surface area (Å²) in [5.41, 5.74) is 2.39. The second-order valence-corrected chi connectivity index (χ2v) is 4.72. The van der Waals surface area contributed by atoms with E-state index in [1.54, 1.807) is 11.8 Å². The number of hydrogen-bond acceptors (Lipinski definition) is 3. The molecule has 5 heteroatoms. The van der Waals surface area contributed by atoms with Gasteiger partial charge in [0.25, 0.3) is 0 Å². The molecule has 84 valence electrons. The SMILES string of the molecule is Br.Clc1cccc(C2=CSC3=NCCN23)c1. The van der Waals surface area contributed by atoms with Crippen molar-refractivity contribution in [1.82, 2.24) is 4.90 Å². The number of nitrogens with zero attached hydrogens (tertiary/aromatic N) is 2. The van der Waals surface area contributed by atoms with Crippen molar-refractivity contribution < 1.29 is 0 Å². The standard InChI is InChI=1S/C11H9ClN2S.BrH/c12-9-3-1-2-8(6-9)10-7-15-11-13-4-5-14(10)11;/h1-3,6-7H,4-5H2;1H. The third-order valence-electron chi connectivity index (χ3n) is 2.49. The second kappa shape index (κ2) is 4.82. The molecule has 0 aromatic heterocycles. The molecule has 0 bridgehead atoms. The summed E-state index contributed by atoms with van der Waals surface area (Å²) in [4.78, 5) is 6.66. The lowest BCUT2D eigenvalue weighted by molar-refractivity contribution is 0.650. The average molecular weight is 318 g/mol. The number of rotatable bonds is 1. The van der Waals surface area contributed by atoms with Crippen molar-refractivity contribution in [3.8, 4) is 0 Å². The lowest BCUT2D eigenvalue weighted by Crippen LogP contribution is -2.19. The highest BCUT2D eigenvalue weighted by Crippen LogP contribution is 2.35. The summed E-state index contributed by atoms with van der Waals surface area (Å²) in [6, 6.07) is 7.95. The van der Waals surface area contributed by atoms with Crippen LogP contribution in [0.4, 0.5) is 0 Å². The molecule has 0 atom stereocenters. The molecule has 16 heavy (non-hydrogen) atoms. The molecule has 0 saturated heterocycles. The quantitative estimate of drug-likeness (QED) is 0.786. The van der Waals surface area contributed by atoms with Gasteiger partial charge in [-0.3, -0.25) is 4.99 Å². The van der Waals surface area contributed by atoms with E-state index in [1.165, 1.54) is 11.3 Å². The average Bonchev–Trinajstić information content (AvgIpc) is 2.77. The molecule has 0 fully saturated rings. The van der Waals surface area contributed by atoms with E-state index in [-0.39, 0.29) is 17.0 Å². The Morgan fingerprint density at radius 3 is 3.06 bits per heavy atom. The molecule has 0 saturated carbocycles. The highest BCUT2D eigenvalue weighted by molar-refractivity contribution is 8.93. The van der Waals surface area contributed by atoms with Crippen molar-refractivity contribution in [2.75, 3.05) is 13.1 Å². The minimum absolute atomic E-state index is 0. The Bertz CT molecular complexity index is 473. The normalized spacial score (nSPS) is 17.7. The number of amidine groups is 1. The Labute approximate surface area is 114 Å². The minimum atomic E-state index is 0. The number of fused-ring (bicyclic) bond motifs is 1. The maximum Gasteiger partial charge on any atom is 0.168 e. The van der Waals surface area contributed by atoms with Gasteiger partial charge in [-0.1, -0.05) is 35.5 Å². The van der Waals surface area contributed by atoms with Crippen LogP contribution >= 0.6 is 40.3 Å². The predicted molar refractivity (Wildman–Crippen MR) is 76.4 cm³/mol. The number of benzene rings is 1. The summed E-state index contributed by atoms with van der Waals surface area (Å²) in [5.74, 6) is 0. The first-order chi connectivity index (χ1) is 7.34. The van der Waals surface area contributed by atoms with Crippen LogP contribution in [-0.4, -0.2) is 23.2 Å². The van der Waals surface area contributed by atoms with Crippen molar-refractivity contribution in [3.63, 3.8) is 0 Å². The maximum atomic E-state index is 5.98. The molecular weight excluding hydrogens is 308 g/mol. The lowest BCUT2D eigenvalue weighted by Gasteiger charge is -2.16. The van der Waals surface area contributed by atoms with Crippen LogP contribution in [0.2, 0.25) is 5.02 Å². The van der Waals surface area contributed by atoms with E-state index in [9.17, 15) is 0 Å². The van der Waals surface area contributed by atoms with E-state index < -0.39 is 0 Å². The van der Waals surface area contributed by atoms with Crippen LogP contribution in [0.3, 0.4) is 0 Å². The van der Waals surface area contributed by atoms with Gasteiger partial charge in [0.1, 0.15) is 0 Å². The van der Waals surface area contributed by atoms with E-state index in [0.717, 1.165) is 23.3 Å². The van der Waals surface area contributed by atoms with Crippen LogP contribution in [0.1, 0.15) is 5.56 Å². The number of halogens is 2. The van der Waals surface area contributed by atoms with Gasteiger partial charge in [-0.05, 0) is 12.1 Å². The zero-order valence-electron chi connectivity index (χ0n) is 8.39. The summed E-state index contributed by atoms with van der Waals surface area (Å²) in [6.07, 6.45) is 0. The molecule has 2 aliphatic rings. The molecule has 2 heterocycles. The third kappa shape index (κ3) is 2.01. The Balaban J connectivity index is 0.000000963. The van der Waals surface area contributed by atoms with Gasteiger partial charge in [-0.15, -0.1) is 17.0 Å². The van der Waals surface area contributed by atoms with E-state index >= 15 is 0 Å². The Morgan fingerprint density at radius 1 is 1.38 bits per heavy atom. The van der Waals surface area contributed by atoms with Gasteiger partial charge >= 0.3 is 0 Å². The molecule has 0 spiro atoms. The highest BCUT2D eigenvalue weighted by Gasteiger charge is 2.26. The van der Waals surface area contributed by atoms with Crippen LogP contribution in [0, 0.1) is 0 Å². The molecule has 1 aromatic rings. The van der Waals surface area contributed by atoms with Gasteiger partial charge in [-0.25, -0.2) is 0 Å². The first-order valence-electron chi connectivity index (χ1n) is 4.79. The Kier molecular flexibility index (Phi) is 3.62. The van der Waals surface area contributed by atoms with Crippen LogP contribution < -0.4 is 0 Å². The van der Waals surface area contributed by atoms with Crippen LogP contribution in [0.15, 0.2) is 34.7 Å². The zero-order chi connectivity index (χ0) is 10.3. The number of thioether (sulfide) groups is 1. The topological polar surface area (TPSA) is 15.6 Å².